The standard InChI is InChI=1S/C18H27N3/c1-5-11-19-18(17-10-8-7-9-14(17)3)13-16-12-15(4)20-21(16)6-2/h7-10,12,18-19H,5-6,11,13H2,1-4H3. The van der Waals surface area contributed by atoms with Gasteiger partial charge in [0.15, 0.2) is 0 Å². The lowest BCUT2D eigenvalue weighted by molar-refractivity contribution is 0.501. The first-order valence-corrected chi connectivity index (χ1v) is 7.98. The molecule has 1 N–H and O–H groups in total. The largest absolute Gasteiger partial charge is 0.310 e. The van der Waals surface area contributed by atoms with E-state index in [0.717, 1.165) is 31.6 Å². The highest BCUT2D eigenvalue weighted by molar-refractivity contribution is 5.30. The third-order valence-electron chi connectivity index (χ3n) is 3.90. The van der Waals surface area contributed by atoms with Crippen molar-refractivity contribution in [1.82, 2.24) is 15.1 Å². The molecule has 0 amide bonds. The molecule has 0 fully saturated rings. The number of nitrogens with zero attached hydrogens (tertiary/aromatic N) is 2. The molecule has 2 aromatic rings. The van der Waals surface area contributed by atoms with E-state index in [2.05, 4.69) is 73.1 Å². The van der Waals surface area contributed by atoms with E-state index in [0.29, 0.717) is 6.04 Å². The van der Waals surface area contributed by atoms with Gasteiger partial charge in [-0.1, -0.05) is 31.2 Å². The molecule has 0 saturated carbocycles. The summed E-state index contributed by atoms with van der Waals surface area (Å²) in [6.07, 6.45) is 2.13. The molecule has 1 unspecified atom stereocenters. The summed E-state index contributed by atoms with van der Waals surface area (Å²) in [5.74, 6) is 0. The van der Waals surface area contributed by atoms with Crippen molar-refractivity contribution in [2.24, 2.45) is 0 Å². The van der Waals surface area contributed by atoms with Crippen LogP contribution in [0.15, 0.2) is 30.3 Å². The molecule has 0 spiro atoms. The molecule has 0 aliphatic rings. The third kappa shape index (κ3) is 3.94. The van der Waals surface area contributed by atoms with Gasteiger partial charge in [0, 0.05) is 24.7 Å². The molecule has 0 radical (unpaired) electrons. The molecule has 0 bridgehead atoms. The van der Waals surface area contributed by atoms with Gasteiger partial charge in [-0.05, 0) is 50.9 Å². The first-order valence-electron chi connectivity index (χ1n) is 7.98. The number of benzene rings is 1. The Bertz CT molecular complexity index is 572. The molecule has 1 heterocycles. The van der Waals surface area contributed by atoms with E-state index in [4.69, 9.17) is 0 Å². The predicted octanol–water partition coefficient (Wildman–Crippen LogP) is 3.80. The maximum Gasteiger partial charge on any atom is 0.0596 e. The van der Waals surface area contributed by atoms with Gasteiger partial charge in [-0.2, -0.15) is 5.10 Å². The lowest BCUT2D eigenvalue weighted by Crippen LogP contribution is -2.25. The Kier molecular flexibility index (Phi) is 5.57. The fourth-order valence-electron chi connectivity index (χ4n) is 2.83. The van der Waals surface area contributed by atoms with Crippen LogP contribution in [-0.2, 0) is 13.0 Å². The molecular weight excluding hydrogens is 258 g/mol. The van der Waals surface area contributed by atoms with Crippen molar-refractivity contribution in [2.45, 2.75) is 53.1 Å². The summed E-state index contributed by atoms with van der Waals surface area (Å²) < 4.78 is 2.12. The molecule has 114 valence electrons. The van der Waals surface area contributed by atoms with Crippen molar-refractivity contribution in [3.05, 3.63) is 52.8 Å². The SMILES string of the molecule is CCCNC(Cc1cc(C)nn1CC)c1ccccc1C. The highest BCUT2D eigenvalue weighted by atomic mass is 15.3. The summed E-state index contributed by atoms with van der Waals surface area (Å²) in [6.45, 7) is 10.6. The van der Waals surface area contributed by atoms with Crippen molar-refractivity contribution in [1.29, 1.82) is 0 Å². The van der Waals surface area contributed by atoms with E-state index >= 15 is 0 Å². The molecule has 3 nitrogen and oxygen atoms in total. The second kappa shape index (κ2) is 7.41. The zero-order valence-corrected chi connectivity index (χ0v) is 13.7. The smallest absolute Gasteiger partial charge is 0.0596 e. The minimum atomic E-state index is 0.354. The van der Waals surface area contributed by atoms with Crippen LogP contribution >= 0.6 is 0 Å². The minimum absolute atomic E-state index is 0.354. The Morgan fingerprint density at radius 1 is 1.19 bits per heavy atom. The third-order valence-corrected chi connectivity index (χ3v) is 3.90. The van der Waals surface area contributed by atoms with Crippen LogP contribution in [-0.4, -0.2) is 16.3 Å². The van der Waals surface area contributed by atoms with Gasteiger partial charge >= 0.3 is 0 Å². The van der Waals surface area contributed by atoms with Crippen molar-refractivity contribution in [2.75, 3.05) is 6.54 Å². The van der Waals surface area contributed by atoms with E-state index in [1.54, 1.807) is 0 Å². The lowest BCUT2D eigenvalue weighted by Gasteiger charge is -2.21. The van der Waals surface area contributed by atoms with E-state index in [9.17, 15) is 0 Å². The van der Waals surface area contributed by atoms with Gasteiger partial charge in [-0.15, -0.1) is 0 Å². The second-order valence-corrected chi connectivity index (χ2v) is 5.66. The highest BCUT2D eigenvalue weighted by Gasteiger charge is 2.16. The van der Waals surface area contributed by atoms with Crippen LogP contribution in [0.25, 0.3) is 0 Å². The average molecular weight is 285 g/mol. The number of nitrogens with one attached hydrogen (secondary N) is 1. The Morgan fingerprint density at radius 2 is 1.95 bits per heavy atom. The maximum atomic E-state index is 4.57. The van der Waals surface area contributed by atoms with E-state index in [1.165, 1.54) is 16.8 Å². The van der Waals surface area contributed by atoms with Crippen LogP contribution in [0.5, 0.6) is 0 Å². The maximum absolute atomic E-state index is 4.57. The van der Waals surface area contributed by atoms with Crippen molar-refractivity contribution in [3.8, 4) is 0 Å². The number of hydrogen-bond donors (Lipinski definition) is 1. The van der Waals surface area contributed by atoms with Crippen molar-refractivity contribution in [3.63, 3.8) is 0 Å². The van der Waals surface area contributed by atoms with Crippen molar-refractivity contribution < 1.29 is 0 Å². The predicted molar refractivity (Wildman–Crippen MR) is 88.6 cm³/mol. The highest BCUT2D eigenvalue weighted by Crippen LogP contribution is 2.22. The quantitative estimate of drug-likeness (QED) is 0.838. The summed E-state index contributed by atoms with van der Waals surface area (Å²) in [5.41, 5.74) is 5.16. The van der Waals surface area contributed by atoms with Gasteiger partial charge in [-0.25, -0.2) is 0 Å². The fourth-order valence-corrected chi connectivity index (χ4v) is 2.83. The van der Waals surface area contributed by atoms with Crippen LogP contribution < -0.4 is 5.32 Å². The van der Waals surface area contributed by atoms with Crippen LogP contribution in [0.1, 0.15) is 48.8 Å². The molecule has 1 aromatic heterocycles. The Morgan fingerprint density at radius 3 is 2.62 bits per heavy atom. The van der Waals surface area contributed by atoms with E-state index in [1.807, 2.05) is 0 Å². The van der Waals surface area contributed by atoms with Crippen LogP contribution in [0.4, 0.5) is 0 Å². The average Bonchev–Trinajstić information content (AvgIpc) is 2.84. The summed E-state index contributed by atoms with van der Waals surface area (Å²) in [5, 5.41) is 8.26. The fraction of sp³-hybridized carbons (Fsp3) is 0.500. The number of aromatic nitrogens is 2. The lowest BCUT2D eigenvalue weighted by atomic mass is 9.97. The molecule has 0 saturated heterocycles. The first kappa shape index (κ1) is 15.8. The molecule has 21 heavy (non-hydrogen) atoms. The molecule has 1 aromatic carbocycles. The topological polar surface area (TPSA) is 29.9 Å². The minimum Gasteiger partial charge on any atom is -0.310 e. The van der Waals surface area contributed by atoms with Crippen molar-refractivity contribution >= 4 is 0 Å². The molecule has 3 heteroatoms. The number of hydrogen-bond acceptors (Lipinski definition) is 2. The normalized spacial score (nSPS) is 12.6. The van der Waals surface area contributed by atoms with Gasteiger partial charge in [0.2, 0.25) is 0 Å². The molecule has 2 rings (SSSR count). The number of aryl methyl sites for hydroxylation is 3. The summed E-state index contributed by atoms with van der Waals surface area (Å²) in [6, 6.07) is 11.2. The molecule has 0 aliphatic heterocycles. The van der Waals surface area contributed by atoms with Crippen LogP contribution in [0, 0.1) is 13.8 Å². The zero-order chi connectivity index (χ0) is 15.2. The Labute approximate surface area is 128 Å². The van der Waals surface area contributed by atoms with Crippen LogP contribution in [0.3, 0.4) is 0 Å². The van der Waals surface area contributed by atoms with Gasteiger partial charge in [-0.3, -0.25) is 4.68 Å². The van der Waals surface area contributed by atoms with Gasteiger partial charge in [0.05, 0.1) is 5.69 Å². The van der Waals surface area contributed by atoms with Gasteiger partial charge in [0.25, 0.3) is 0 Å². The first-order chi connectivity index (χ1) is 10.2. The van der Waals surface area contributed by atoms with Gasteiger partial charge < -0.3 is 5.32 Å². The molecule has 0 aliphatic carbocycles. The monoisotopic (exact) mass is 285 g/mol. The summed E-state index contributed by atoms with van der Waals surface area (Å²) >= 11 is 0. The van der Waals surface area contributed by atoms with E-state index in [-0.39, 0.29) is 0 Å². The Balaban J connectivity index is 2.26. The van der Waals surface area contributed by atoms with Crippen LogP contribution in [0.2, 0.25) is 0 Å². The number of rotatable bonds is 7. The van der Waals surface area contributed by atoms with E-state index < -0.39 is 0 Å². The second-order valence-electron chi connectivity index (χ2n) is 5.66. The summed E-state index contributed by atoms with van der Waals surface area (Å²) in [7, 11) is 0. The zero-order valence-electron chi connectivity index (χ0n) is 13.7. The Hall–Kier alpha value is -1.61. The summed E-state index contributed by atoms with van der Waals surface area (Å²) in [4.78, 5) is 0. The van der Waals surface area contributed by atoms with Gasteiger partial charge in [0.1, 0.15) is 0 Å². The molecule has 1 atom stereocenters. The molecular formula is C18H27N3.